The number of nitrogens with one attached hydrogen (secondary N) is 1. The predicted octanol–water partition coefficient (Wildman–Crippen LogP) is 2.26. The molecule has 4 nitrogen and oxygen atoms in total. The minimum absolute atomic E-state index is 0.621. The van der Waals surface area contributed by atoms with Gasteiger partial charge in [-0.25, -0.2) is 4.99 Å². The average Bonchev–Trinajstić information content (AvgIpc) is 2.93. The van der Waals surface area contributed by atoms with Gasteiger partial charge in [-0.2, -0.15) is 0 Å². The molecule has 1 N–H and O–H groups in total. The number of rotatable bonds is 7. The van der Waals surface area contributed by atoms with Crippen LogP contribution in [0.5, 0.6) is 0 Å². The minimum atomic E-state index is -0.939. The van der Waals surface area contributed by atoms with Gasteiger partial charge in [-0.1, -0.05) is 19.1 Å². The number of nitrogens with zero attached hydrogens (tertiary/aromatic N) is 2. The van der Waals surface area contributed by atoms with E-state index in [1.54, 1.807) is 6.26 Å². The second kappa shape index (κ2) is 7.61. The molecule has 2 rings (SSSR count). The van der Waals surface area contributed by atoms with Gasteiger partial charge < -0.3 is 5.32 Å². The zero-order valence-corrected chi connectivity index (χ0v) is 13.7. The third-order valence-electron chi connectivity index (χ3n) is 3.59. The zero-order valence-electron chi connectivity index (χ0n) is 12.9. The van der Waals surface area contributed by atoms with Crippen LogP contribution in [0.25, 0.3) is 0 Å². The number of amidine groups is 1. The van der Waals surface area contributed by atoms with Crippen LogP contribution >= 0.6 is 0 Å². The van der Waals surface area contributed by atoms with Gasteiger partial charge in [-0.05, 0) is 44.5 Å². The van der Waals surface area contributed by atoms with Gasteiger partial charge >= 0.3 is 0 Å². The summed E-state index contributed by atoms with van der Waals surface area (Å²) < 4.78 is 11.4. The van der Waals surface area contributed by atoms with Gasteiger partial charge in [0.15, 0.2) is 5.84 Å². The SMILES string of the molecule is CNCCC(C)CC1=NC(c2ccc(S(C)=O)cc2)=NC1. The molecule has 2 unspecified atom stereocenters. The molecule has 0 spiro atoms. The lowest BCUT2D eigenvalue weighted by molar-refractivity contribution is 0.534. The lowest BCUT2D eigenvalue weighted by atomic mass is 10.0. The second-order valence-corrected chi connectivity index (χ2v) is 6.88. The second-order valence-electron chi connectivity index (χ2n) is 5.50. The summed E-state index contributed by atoms with van der Waals surface area (Å²) in [5.41, 5.74) is 2.17. The van der Waals surface area contributed by atoms with Crippen LogP contribution in [0, 0.1) is 5.92 Å². The first-order valence-electron chi connectivity index (χ1n) is 7.29. The predicted molar refractivity (Wildman–Crippen MR) is 89.9 cm³/mol. The van der Waals surface area contributed by atoms with Crippen LogP contribution in [0.3, 0.4) is 0 Å². The highest BCUT2D eigenvalue weighted by Crippen LogP contribution is 2.15. The molecule has 5 heteroatoms. The van der Waals surface area contributed by atoms with Gasteiger partial charge in [0.25, 0.3) is 0 Å². The quantitative estimate of drug-likeness (QED) is 0.840. The first-order chi connectivity index (χ1) is 10.1. The van der Waals surface area contributed by atoms with Crippen molar-refractivity contribution in [3.05, 3.63) is 29.8 Å². The van der Waals surface area contributed by atoms with Crippen molar-refractivity contribution in [1.29, 1.82) is 0 Å². The van der Waals surface area contributed by atoms with Crippen molar-refractivity contribution in [2.24, 2.45) is 15.9 Å². The lowest BCUT2D eigenvalue weighted by Gasteiger charge is -2.09. The van der Waals surface area contributed by atoms with E-state index in [-0.39, 0.29) is 0 Å². The fourth-order valence-corrected chi connectivity index (χ4v) is 2.86. The highest BCUT2D eigenvalue weighted by atomic mass is 32.2. The maximum atomic E-state index is 11.4. The van der Waals surface area contributed by atoms with E-state index in [0.717, 1.165) is 41.4 Å². The summed E-state index contributed by atoms with van der Waals surface area (Å²) in [7, 11) is 1.04. The Morgan fingerprint density at radius 1 is 1.33 bits per heavy atom. The van der Waals surface area contributed by atoms with E-state index in [4.69, 9.17) is 0 Å². The van der Waals surface area contributed by atoms with Crippen LogP contribution in [0.1, 0.15) is 25.3 Å². The van der Waals surface area contributed by atoms with Gasteiger partial charge in [0.05, 0.1) is 6.54 Å². The van der Waals surface area contributed by atoms with Crippen molar-refractivity contribution in [3.8, 4) is 0 Å². The molecule has 0 aromatic heterocycles. The van der Waals surface area contributed by atoms with Crippen LogP contribution in [0.15, 0.2) is 39.1 Å². The van der Waals surface area contributed by atoms with Gasteiger partial charge in [0.2, 0.25) is 0 Å². The fourth-order valence-electron chi connectivity index (χ4n) is 2.34. The molecule has 1 heterocycles. The van der Waals surface area contributed by atoms with E-state index < -0.39 is 10.8 Å². The molecule has 1 aromatic rings. The molecule has 0 radical (unpaired) electrons. The fraction of sp³-hybridized carbons (Fsp3) is 0.500. The Morgan fingerprint density at radius 3 is 2.67 bits per heavy atom. The summed E-state index contributed by atoms with van der Waals surface area (Å²) >= 11 is 0. The summed E-state index contributed by atoms with van der Waals surface area (Å²) in [6.07, 6.45) is 3.85. The topological polar surface area (TPSA) is 53.8 Å². The van der Waals surface area contributed by atoms with E-state index in [2.05, 4.69) is 22.2 Å². The first-order valence-corrected chi connectivity index (χ1v) is 8.85. The Balaban J connectivity index is 1.97. The molecule has 21 heavy (non-hydrogen) atoms. The van der Waals surface area contributed by atoms with Crippen LogP contribution < -0.4 is 5.32 Å². The molecule has 1 aliphatic heterocycles. The Labute approximate surface area is 129 Å². The highest BCUT2D eigenvalue weighted by molar-refractivity contribution is 7.84. The molecule has 0 aliphatic carbocycles. The van der Waals surface area contributed by atoms with Gasteiger partial charge in [0, 0.05) is 33.2 Å². The number of aliphatic imine (C=N–C) groups is 2. The number of benzene rings is 1. The van der Waals surface area contributed by atoms with E-state index in [1.165, 1.54) is 0 Å². The number of hydrogen-bond donors (Lipinski definition) is 1. The summed E-state index contributed by atoms with van der Waals surface area (Å²) in [5.74, 6) is 1.43. The summed E-state index contributed by atoms with van der Waals surface area (Å²) in [5, 5.41) is 3.18. The van der Waals surface area contributed by atoms with E-state index in [9.17, 15) is 4.21 Å². The molecular formula is C16H23N3OS. The van der Waals surface area contributed by atoms with Crippen molar-refractivity contribution in [2.45, 2.75) is 24.7 Å². The smallest absolute Gasteiger partial charge is 0.154 e. The molecule has 1 aliphatic rings. The highest BCUT2D eigenvalue weighted by Gasteiger charge is 2.14. The molecule has 0 saturated heterocycles. The lowest BCUT2D eigenvalue weighted by Crippen LogP contribution is -2.14. The zero-order chi connectivity index (χ0) is 15.2. The minimum Gasteiger partial charge on any atom is -0.320 e. The third-order valence-corrected chi connectivity index (χ3v) is 4.53. The first kappa shape index (κ1) is 16.0. The van der Waals surface area contributed by atoms with Crippen molar-refractivity contribution < 1.29 is 4.21 Å². The summed E-state index contributed by atoms with van der Waals surface area (Å²) in [6, 6.07) is 7.67. The maximum absolute atomic E-state index is 11.4. The van der Waals surface area contributed by atoms with Crippen molar-refractivity contribution in [1.82, 2.24) is 5.32 Å². The average molecular weight is 305 g/mol. The standard InChI is InChI=1S/C16H23N3OS/c1-12(8-9-17-2)10-14-11-18-16(19-14)13-4-6-15(7-5-13)21(3)20/h4-7,12,17H,8-11H2,1-3H3. The summed E-state index contributed by atoms with van der Waals surface area (Å²) in [4.78, 5) is 10.0. The van der Waals surface area contributed by atoms with E-state index in [0.29, 0.717) is 12.5 Å². The molecule has 2 atom stereocenters. The molecule has 0 amide bonds. The third kappa shape index (κ3) is 4.58. The van der Waals surface area contributed by atoms with Crippen molar-refractivity contribution in [2.75, 3.05) is 26.4 Å². The van der Waals surface area contributed by atoms with E-state index in [1.807, 2.05) is 31.3 Å². The normalized spacial score (nSPS) is 17.3. The van der Waals surface area contributed by atoms with Crippen LogP contribution in [-0.4, -0.2) is 42.1 Å². The molecule has 0 fully saturated rings. The van der Waals surface area contributed by atoms with Crippen LogP contribution in [0.2, 0.25) is 0 Å². The van der Waals surface area contributed by atoms with Gasteiger partial charge in [-0.15, -0.1) is 0 Å². The van der Waals surface area contributed by atoms with Gasteiger partial charge in [0.1, 0.15) is 0 Å². The Hall–Kier alpha value is -1.33. The molecule has 0 bridgehead atoms. The van der Waals surface area contributed by atoms with E-state index >= 15 is 0 Å². The van der Waals surface area contributed by atoms with Crippen molar-refractivity contribution in [3.63, 3.8) is 0 Å². The monoisotopic (exact) mass is 305 g/mol. The Kier molecular flexibility index (Phi) is 5.82. The molecule has 0 saturated carbocycles. The number of hydrogen-bond acceptors (Lipinski definition) is 4. The largest absolute Gasteiger partial charge is 0.320 e. The Bertz CT molecular complexity index is 563. The molecular weight excluding hydrogens is 282 g/mol. The van der Waals surface area contributed by atoms with Crippen molar-refractivity contribution >= 4 is 22.3 Å². The van der Waals surface area contributed by atoms with Crippen LogP contribution in [0.4, 0.5) is 0 Å². The van der Waals surface area contributed by atoms with Crippen LogP contribution in [-0.2, 0) is 10.8 Å². The van der Waals surface area contributed by atoms with Gasteiger partial charge in [-0.3, -0.25) is 9.20 Å². The molecule has 114 valence electrons. The molecule has 1 aromatic carbocycles. The Morgan fingerprint density at radius 2 is 2.05 bits per heavy atom. The maximum Gasteiger partial charge on any atom is 0.154 e. The summed E-state index contributed by atoms with van der Waals surface area (Å²) in [6.45, 7) is 4.00.